The third-order valence-electron chi connectivity index (χ3n) is 6.06. The van der Waals surface area contributed by atoms with Crippen molar-refractivity contribution in [2.75, 3.05) is 13.2 Å². The molecule has 24 heavy (non-hydrogen) atoms. The van der Waals surface area contributed by atoms with E-state index < -0.39 is 5.60 Å². The van der Waals surface area contributed by atoms with E-state index in [1.54, 1.807) is 6.08 Å². The summed E-state index contributed by atoms with van der Waals surface area (Å²) in [6, 6.07) is 7.84. The van der Waals surface area contributed by atoms with Crippen LogP contribution in [-0.4, -0.2) is 31.4 Å². The van der Waals surface area contributed by atoms with E-state index in [4.69, 9.17) is 14.2 Å². The van der Waals surface area contributed by atoms with Gasteiger partial charge in [-0.25, -0.2) is 0 Å². The molecular formula is C20H22O4. The highest BCUT2D eigenvalue weighted by Gasteiger charge is 2.57. The van der Waals surface area contributed by atoms with E-state index in [1.165, 1.54) is 0 Å². The van der Waals surface area contributed by atoms with E-state index in [2.05, 4.69) is 0 Å². The second-order valence-electron chi connectivity index (χ2n) is 7.28. The van der Waals surface area contributed by atoms with Gasteiger partial charge in [-0.2, -0.15) is 0 Å². The van der Waals surface area contributed by atoms with Crippen LogP contribution in [0.3, 0.4) is 0 Å². The minimum atomic E-state index is -0.603. The Morgan fingerprint density at radius 3 is 2.83 bits per heavy atom. The molecule has 5 rings (SSSR count). The van der Waals surface area contributed by atoms with E-state index in [0.29, 0.717) is 5.92 Å². The molecule has 0 amide bonds. The highest BCUT2D eigenvalue weighted by molar-refractivity contribution is 6.07. The monoisotopic (exact) mass is 326 g/mol. The van der Waals surface area contributed by atoms with Crippen LogP contribution in [0.1, 0.15) is 41.6 Å². The van der Waals surface area contributed by atoms with Crippen molar-refractivity contribution in [1.82, 2.24) is 0 Å². The summed E-state index contributed by atoms with van der Waals surface area (Å²) < 4.78 is 18.8. The molecule has 0 aromatic heterocycles. The number of hydrogen-bond donors (Lipinski definition) is 0. The maximum absolute atomic E-state index is 12.3. The van der Waals surface area contributed by atoms with Crippen molar-refractivity contribution in [2.45, 2.75) is 43.7 Å². The van der Waals surface area contributed by atoms with Gasteiger partial charge in [-0.05, 0) is 43.4 Å². The third kappa shape index (κ3) is 2.00. The Kier molecular flexibility index (Phi) is 3.40. The van der Waals surface area contributed by atoms with Crippen molar-refractivity contribution < 1.29 is 19.0 Å². The molecule has 5 unspecified atom stereocenters. The molecule has 3 heterocycles. The summed E-state index contributed by atoms with van der Waals surface area (Å²) in [6.07, 6.45) is 7.79. The number of ether oxygens (including phenoxy) is 3. The first-order valence-electron chi connectivity index (χ1n) is 9.04. The van der Waals surface area contributed by atoms with Gasteiger partial charge in [0.1, 0.15) is 5.60 Å². The molecule has 3 saturated heterocycles. The van der Waals surface area contributed by atoms with Gasteiger partial charge in [0, 0.05) is 30.6 Å². The highest BCUT2D eigenvalue weighted by Crippen LogP contribution is 2.53. The molecule has 1 aliphatic carbocycles. The molecular weight excluding hydrogens is 304 g/mol. The van der Waals surface area contributed by atoms with Crippen molar-refractivity contribution in [2.24, 2.45) is 11.8 Å². The molecule has 4 heteroatoms. The summed E-state index contributed by atoms with van der Waals surface area (Å²) in [5, 5.41) is 0. The van der Waals surface area contributed by atoms with Crippen molar-refractivity contribution in [3.8, 4) is 0 Å². The van der Waals surface area contributed by atoms with Crippen LogP contribution in [0.25, 0.3) is 0 Å². The molecule has 126 valence electrons. The average molecular weight is 326 g/mol. The number of ketones is 1. The summed E-state index contributed by atoms with van der Waals surface area (Å²) >= 11 is 0. The van der Waals surface area contributed by atoms with Gasteiger partial charge >= 0.3 is 0 Å². The zero-order valence-corrected chi connectivity index (χ0v) is 13.6. The fraction of sp³-hybridized carbons (Fsp3) is 0.550. The van der Waals surface area contributed by atoms with Gasteiger partial charge in [0.05, 0.1) is 6.10 Å². The number of allylic oxidation sites excluding steroid dienone is 1. The SMILES string of the molecule is O=C1C=CC2(OC3OCCCC3C3OCCCC32)c2ccccc21. The zero-order valence-electron chi connectivity index (χ0n) is 13.6. The number of rotatable bonds is 0. The Balaban J connectivity index is 1.66. The Morgan fingerprint density at radius 2 is 1.88 bits per heavy atom. The first-order valence-corrected chi connectivity index (χ1v) is 9.04. The van der Waals surface area contributed by atoms with Gasteiger partial charge in [-0.1, -0.05) is 24.3 Å². The predicted octanol–water partition coefficient (Wildman–Crippen LogP) is 3.21. The molecule has 1 aromatic rings. The Labute approximate surface area is 141 Å². The molecule has 1 aromatic carbocycles. The van der Waals surface area contributed by atoms with Crippen molar-refractivity contribution in [3.05, 3.63) is 47.5 Å². The standard InChI is InChI=1S/C20H22O4/c21-17-9-10-20(15-7-2-1-5-13(15)17)16-8-4-11-22-18(16)14-6-3-12-23-19(14)24-20/h1-2,5,7,9-10,14,16,18-19H,3-4,6,8,11-12H2. The lowest BCUT2D eigenvalue weighted by molar-refractivity contribution is -0.324. The Bertz CT molecular complexity index is 697. The van der Waals surface area contributed by atoms with Crippen LogP contribution in [0.4, 0.5) is 0 Å². The van der Waals surface area contributed by atoms with E-state index in [9.17, 15) is 4.79 Å². The number of hydrogen-bond acceptors (Lipinski definition) is 4. The summed E-state index contributed by atoms with van der Waals surface area (Å²) in [5.74, 6) is 0.590. The van der Waals surface area contributed by atoms with E-state index in [1.807, 2.05) is 30.3 Å². The molecule has 3 fully saturated rings. The zero-order chi connectivity index (χ0) is 16.1. The lowest BCUT2D eigenvalue weighted by atomic mass is 9.65. The second-order valence-corrected chi connectivity index (χ2v) is 7.28. The van der Waals surface area contributed by atoms with Crippen molar-refractivity contribution in [3.63, 3.8) is 0 Å². The minimum Gasteiger partial charge on any atom is -0.377 e. The molecule has 5 atom stereocenters. The molecule has 0 radical (unpaired) electrons. The van der Waals surface area contributed by atoms with Gasteiger partial charge in [-0.15, -0.1) is 0 Å². The van der Waals surface area contributed by atoms with E-state index in [0.717, 1.165) is 50.0 Å². The van der Waals surface area contributed by atoms with Crippen molar-refractivity contribution in [1.29, 1.82) is 0 Å². The van der Waals surface area contributed by atoms with Gasteiger partial charge in [0.2, 0.25) is 0 Å². The summed E-state index contributed by atoms with van der Waals surface area (Å²) in [6.45, 7) is 1.55. The molecule has 4 nitrogen and oxygen atoms in total. The largest absolute Gasteiger partial charge is 0.377 e. The fourth-order valence-electron chi connectivity index (χ4n) is 5.03. The summed E-state index contributed by atoms with van der Waals surface area (Å²) in [4.78, 5) is 12.3. The minimum absolute atomic E-state index is 0.0554. The number of fused-ring (bicyclic) bond motifs is 6. The Hall–Kier alpha value is -1.49. The first-order chi connectivity index (χ1) is 11.8. The van der Waals surface area contributed by atoms with Crippen LogP contribution in [0.2, 0.25) is 0 Å². The second kappa shape index (κ2) is 5.51. The van der Waals surface area contributed by atoms with Gasteiger partial charge in [-0.3, -0.25) is 4.79 Å². The number of carbonyl (C=O) groups is 1. The third-order valence-corrected chi connectivity index (χ3v) is 6.06. The maximum atomic E-state index is 12.3. The van der Waals surface area contributed by atoms with Crippen molar-refractivity contribution >= 4 is 5.78 Å². The molecule has 4 aliphatic rings. The highest BCUT2D eigenvalue weighted by atomic mass is 16.7. The molecule has 0 bridgehead atoms. The summed E-state index contributed by atoms with van der Waals surface area (Å²) in [5.41, 5.74) is 1.12. The average Bonchev–Trinajstić information content (AvgIpc) is 2.65. The van der Waals surface area contributed by atoms with Gasteiger partial charge in [0.25, 0.3) is 0 Å². The lowest BCUT2D eigenvalue weighted by Crippen LogP contribution is -2.60. The van der Waals surface area contributed by atoms with Crippen LogP contribution in [0.15, 0.2) is 36.4 Å². The van der Waals surface area contributed by atoms with Crippen LogP contribution >= 0.6 is 0 Å². The number of benzene rings is 1. The first kappa shape index (κ1) is 14.8. The Morgan fingerprint density at radius 1 is 1.04 bits per heavy atom. The van der Waals surface area contributed by atoms with Crippen LogP contribution in [0, 0.1) is 11.8 Å². The normalized spacial score (nSPS) is 40.8. The molecule has 0 N–H and O–H groups in total. The summed E-state index contributed by atoms with van der Waals surface area (Å²) in [7, 11) is 0. The maximum Gasteiger partial charge on any atom is 0.186 e. The van der Waals surface area contributed by atoms with Gasteiger partial charge in [0.15, 0.2) is 12.1 Å². The van der Waals surface area contributed by atoms with Gasteiger partial charge < -0.3 is 14.2 Å². The van der Waals surface area contributed by atoms with E-state index >= 15 is 0 Å². The lowest BCUT2D eigenvalue weighted by Gasteiger charge is -2.56. The van der Waals surface area contributed by atoms with E-state index in [-0.39, 0.29) is 24.1 Å². The smallest absolute Gasteiger partial charge is 0.186 e. The quantitative estimate of drug-likeness (QED) is 0.734. The molecule has 0 saturated carbocycles. The molecule has 3 aliphatic heterocycles. The number of carbonyl (C=O) groups excluding carboxylic acids is 1. The van der Waals surface area contributed by atoms with Crippen LogP contribution < -0.4 is 0 Å². The van der Waals surface area contributed by atoms with Crippen LogP contribution in [-0.2, 0) is 19.8 Å². The van der Waals surface area contributed by atoms with Crippen LogP contribution in [0.5, 0.6) is 0 Å². The fourth-order valence-corrected chi connectivity index (χ4v) is 5.03. The topological polar surface area (TPSA) is 44.8 Å². The predicted molar refractivity (Wildman–Crippen MR) is 87.6 cm³/mol. The molecule has 1 spiro atoms.